The van der Waals surface area contributed by atoms with E-state index in [2.05, 4.69) is 13.8 Å². The van der Waals surface area contributed by atoms with Crippen LogP contribution in [0.2, 0.25) is 0 Å². The van der Waals surface area contributed by atoms with Crippen molar-refractivity contribution in [3.05, 3.63) is 0 Å². The Morgan fingerprint density at radius 2 is 0.950 bits per heavy atom. The number of nitrogens with two attached hydrogens (primary N) is 1. The van der Waals surface area contributed by atoms with E-state index in [-0.39, 0.29) is 25.4 Å². The Balaban J connectivity index is 3.87. The molecule has 0 aliphatic carbocycles. The van der Waals surface area contributed by atoms with Gasteiger partial charge in [0.25, 0.3) is 0 Å². The van der Waals surface area contributed by atoms with Gasteiger partial charge in [0.1, 0.15) is 6.10 Å². The van der Waals surface area contributed by atoms with Crippen molar-refractivity contribution in [3.63, 3.8) is 0 Å². The van der Waals surface area contributed by atoms with E-state index in [4.69, 9.17) is 19.7 Å². The van der Waals surface area contributed by atoms with Crippen molar-refractivity contribution < 1.29 is 23.5 Å². The first-order valence-electron chi connectivity index (χ1n) is 17.4. The van der Waals surface area contributed by atoms with Crippen LogP contribution in [-0.2, 0) is 18.6 Å². The molecule has 2 atom stereocenters. The summed E-state index contributed by atoms with van der Waals surface area (Å²) in [6.45, 7) is 6.49. The van der Waals surface area contributed by atoms with Gasteiger partial charge in [-0.1, -0.05) is 155 Å². The summed E-state index contributed by atoms with van der Waals surface area (Å²) in [7, 11) is -3.65. The van der Waals surface area contributed by atoms with Crippen molar-refractivity contribution in [3.8, 4) is 0 Å². The fourth-order valence-electron chi connectivity index (χ4n) is 5.02. The van der Waals surface area contributed by atoms with Gasteiger partial charge in [0.15, 0.2) is 0 Å². The second-order valence-electron chi connectivity index (χ2n) is 11.8. The monoisotopic (exact) mass is 591 g/mol. The summed E-state index contributed by atoms with van der Waals surface area (Å²) < 4.78 is 29.2. The number of hydrogen-bond donors (Lipinski definition) is 2. The van der Waals surface area contributed by atoms with Crippen LogP contribution in [-0.4, -0.2) is 50.1 Å². The molecule has 0 fully saturated rings. The van der Waals surface area contributed by atoms with Gasteiger partial charge < -0.3 is 24.6 Å². The Bertz CT molecular complexity index is 537. The van der Waals surface area contributed by atoms with E-state index in [0.29, 0.717) is 19.8 Å². The molecule has 242 valence electrons. The molecule has 0 amide bonds. The highest BCUT2D eigenvalue weighted by molar-refractivity contribution is 7.52. The third-order valence-corrected chi connectivity index (χ3v) is 9.05. The van der Waals surface area contributed by atoms with Crippen LogP contribution < -0.4 is 5.73 Å². The quantitative estimate of drug-likeness (QED) is 0.0571. The van der Waals surface area contributed by atoms with Crippen LogP contribution in [0, 0.1) is 0 Å². The lowest BCUT2D eigenvalue weighted by atomic mass is 10.1. The Labute approximate surface area is 249 Å². The van der Waals surface area contributed by atoms with Gasteiger partial charge in [-0.2, -0.15) is 0 Å². The minimum Gasteiger partial charge on any atom is -0.379 e. The Morgan fingerprint density at radius 1 is 0.575 bits per heavy atom. The molecule has 0 saturated carbocycles. The van der Waals surface area contributed by atoms with Crippen LogP contribution in [0.15, 0.2) is 0 Å². The number of rotatable bonds is 34. The lowest BCUT2D eigenvalue weighted by Gasteiger charge is -2.20. The Kier molecular flexibility index (Phi) is 32.0. The predicted molar refractivity (Wildman–Crippen MR) is 172 cm³/mol. The maximum absolute atomic E-state index is 12.1. The SMILES string of the molecule is CCCCCCCCCCCCCCOC[C@@H](COP(=O)(O)CCN)OCCCCCCCCCCCCCC. The molecule has 0 spiro atoms. The van der Waals surface area contributed by atoms with E-state index in [1.807, 2.05) is 0 Å². The normalized spacial score (nSPS) is 14.0. The molecule has 6 nitrogen and oxygen atoms in total. The van der Waals surface area contributed by atoms with E-state index in [1.54, 1.807) is 0 Å². The first-order chi connectivity index (χ1) is 19.6. The van der Waals surface area contributed by atoms with Gasteiger partial charge in [0.2, 0.25) is 0 Å². The van der Waals surface area contributed by atoms with Gasteiger partial charge in [0.05, 0.1) is 19.4 Å². The maximum atomic E-state index is 12.1. The van der Waals surface area contributed by atoms with Crippen LogP contribution in [0.1, 0.15) is 168 Å². The Hall–Kier alpha value is 0.0300. The summed E-state index contributed by atoms with van der Waals surface area (Å²) in [5, 5.41) is 0. The second-order valence-corrected chi connectivity index (χ2v) is 13.8. The first-order valence-corrected chi connectivity index (χ1v) is 19.2. The zero-order valence-corrected chi connectivity index (χ0v) is 27.8. The summed E-state index contributed by atoms with van der Waals surface area (Å²) in [6.07, 6.45) is 31.2. The molecule has 0 saturated heterocycles. The van der Waals surface area contributed by atoms with Crippen molar-refractivity contribution >= 4 is 7.60 Å². The van der Waals surface area contributed by atoms with Gasteiger partial charge in [-0.05, 0) is 12.8 Å². The smallest absolute Gasteiger partial charge is 0.329 e. The van der Waals surface area contributed by atoms with E-state index in [1.165, 1.54) is 135 Å². The summed E-state index contributed by atoms with van der Waals surface area (Å²) in [4.78, 5) is 9.90. The fraction of sp³-hybridized carbons (Fsp3) is 1.00. The van der Waals surface area contributed by atoms with Crippen LogP contribution in [0.4, 0.5) is 0 Å². The van der Waals surface area contributed by atoms with Crippen molar-refractivity contribution in [1.29, 1.82) is 0 Å². The van der Waals surface area contributed by atoms with Gasteiger partial charge in [-0.15, -0.1) is 0 Å². The fourth-order valence-corrected chi connectivity index (χ4v) is 5.88. The van der Waals surface area contributed by atoms with Crippen LogP contribution in [0.25, 0.3) is 0 Å². The molecule has 0 aromatic carbocycles. The van der Waals surface area contributed by atoms with E-state index in [0.717, 1.165) is 19.3 Å². The summed E-state index contributed by atoms with van der Waals surface area (Å²) >= 11 is 0. The number of hydrogen-bond acceptors (Lipinski definition) is 5. The molecular weight excluding hydrogens is 521 g/mol. The lowest BCUT2D eigenvalue weighted by molar-refractivity contribution is -0.0403. The minimum absolute atomic E-state index is 0.0296. The van der Waals surface area contributed by atoms with E-state index >= 15 is 0 Å². The molecule has 40 heavy (non-hydrogen) atoms. The van der Waals surface area contributed by atoms with Crippen molar-refractivity contribution in [1.82, 2.24) is 0 Å². The summed E-state index contributed by atoms with van der Waals surface area (Å²) in [6, 6.07) is 0. The minimum atomic E-state index is -3.65. The second kappa shape index (κ2) is 32.0. The molecule has 0 heterocycles. The summed E-state index contributed by atoms with van der Waals surface area (Å²) in [5.41, 5.74) is 5.44. The van der Waals surface area contributed by atoms with Crippen molar-refractivity contribution in [2.45, 2.75) is 174 Å². The molecule has 0 aromatic heterocycles. The highest BCUT2D eigenvalue weighted by Gasteiger charge is 2.21. The van der Waals surface area contributed by atoms with E-state index in [9.17, 15) is 9.46 Å². The molecule has 0 aliphatic heterocycles. The Morgan fingerprint density at radius 3 is 1.35 bits per heavy atom. The van der Waals surface area contributed by atoms with Crippen molar-refractivity contribution in [2.75, 3.05) is 39.1 Å². The molecule has 0 rings (SSSR count). The van der Waals surface area contributed by atoms with Gasteiger partial charge >= 0.3 is 7.60 Å². The standard InChI is InChI=1S/C33H70NO5P/c1-3-5-7-9-11-13-15-17-19-21-23-25-28-37-31-33(32-39-40(35,36)30-27-34)38-29-26-24-22-20-18-16-14-12-10-8-6-4-2/h33H,3-32,34H2,1-2H3,(H,35,36)/t33-/m0/s1. The topological polar surface area (TPSA) is 91.0 Å². The van der Waals surface area contributed by atoms with Gasteiger partial charge in [-0.3, -0.25) is 4.57 Å². The predicted octanol–water partition coefficient (Wildman–Crippen LogP) is 9.95. The van der Waals surface area contributed by atoms with Gasteiger partial charge in [-0.25, -0.2) is 0 Å². The van der Waals surface area contributed by atoms with Gasteiger partial charge in [0, 0.05) is 19.8 Å². The zero-order chi connectivity index (χ0) is 29.4. The number of ether oxygens (including phenoxy) is 2. The first kappa shape index (κ1) is 40.0. The maximum Gasteiger partial charge on any atom is 0.329 e. The highest BCUT2D eigenvalue weighted by Crippen LogP contribution is 2.41. The molecule has 3 N–H and O–H groups in total. The summed E-state index contributed by atoms with van der Waals surface area (Å²) in [5.74, 6) is 0. The average Bonchev–Trinajstić information content (AvgIpc) is 2.93. The molecule has 0 aliphatic rings. The highest BCUT2D eigenvalue weighted by atomic mass is 31.2. The van der Waals surface area contributed by atoms with E-state index < -0.39 is 7.60 Å². The third kappa shape index (κ3) is 31.0. The molecule has 7 heteroatoms. The molecule has 0 aromatic rings. The van der Waals surface area contributed by atoms with Crippen LogP contribution in [0.3, 0.4) is 0 Å². The van der Waals surface area contributed by atoms with Crippen LogP contribution >= 0.6 is 7.60 Å². The van der Waals surface area contributed by atoms with Crippen molar-refractivity contribution in [2.24, 2.45) is 5.73 Å². The van der Waals surface area contributed by atoms with Crippen LogP contribution in [0.5, 0.6) is 0 Å². The molecular formula is C33H70NO5P. The molecule has 1 unspecified atom stereocenters. The molecule has 0 radical (unpaired) electrons. The molecule has 0 bridgehead atoms. The average molecular weight is 592 g/mol. The zero-order valence-electron chi connectivity index (χ0n) is 26.9. The number of unbranched alkanes of at least 4 members (excludes halogenated alkanes) is 22. The third-order valence-electron chi connectivity index (χ3n) is 7.67. The largest absolute Gasteiger partial charge is 0.379 e. The lowest BCUT2D eigenvalue weighted by Crippen LogP contribution is -2.26.